The molecule has 100 valence electrons. The Hall–Kier alpha value is -1.07. The number of guanidine groups is 1. The number of hydrogen-bond donors (Lipinski definition) is 3. The summed E-state index contributed by atoms with van der Waals surface area (Å²) < 4.78 is 0. The van der Waals surface area contributed by atoms with Gasteiger partial charge in [0.2, 0.25) is 5.96 Å². The third-order valence-corrected chi connectivity index (χ3v) is 4.36. The predicted molar refractivity (Wildman–Crippen MR) is 77.5 cm³/mol. The van der Waals surface area contributed by atoms with Crippen molar-refractivity contribution >= 4 is 17.3 Å². The van der Waals surface area contributed by atoms with Crippen molar-refractivity contribution in [3.63, 3.8) is 0 Å². The Morgan fingerprint density at radius 1 is 1.39 bits per heavy atom. The van der Waals surface area contributed by atoms with Gasteiger partial charge in [-0.2, -0.15) is 11.3 Å². The quantitative estimate of drug-likeness (QED) is 0.340. The van der Waals surface area contributed by atoms with E-state index >= 15 is 0 Å². The van der Waals surface area contributed by atoms with Crippen molar-refractivity contribution in [1.82, 2.24) is 10.7 Å². The minimum atomic E-state index is 0.525. The number of nitrogens with two attached hydrogens (primary N) is 1. The minimum Gasteiger partial charge on any atom is -0.353 e. The SMILES string of the molecule is Cc1cscc1CN=C(NN)NC1CCCCC1. The summed E-state index contributed by atoms with van der Waals surface area (Å²) in [7, 11) is 0. The molecule has 1 aliphatic rings. The number of rotatable bonds is 3. The van der Waals surface area contributed by atoms with Crippen LogP contribution in [0.2, 0.25) is 0 Å². The van der Waals surface area contributed by atoms with Gasteiger partial charge >= 0.3 is 0 Å². The first-order chi connectivity index (χ1) is 8.79. The fourth-order valence-electron chi connectivity index (χ4n) is 2.29. The van der Waals surface area contributed by atoms with E-state index in [4.69, 9.17) is 5.84 Å². The summed E-state index contributed by atoms with van der Waals surface area (Å²) in [6.07, 6.45) is 6.41. The second-order valence-corrected chi connectivity index (χ2v) is 5.61. The maximum atomic E-state index is 5.53. The molecular formula is C13H22N4S. The van der Waals surface area contributed by atoms with Gasteiger partial charge in [0.15, 0.2) is 0 Å². The van der Waals surface area contributed by atoms with Crippen LogP contribution in [0.25, 0.3) is 0 Å². The van der Waals surface area contributed by atoms with E-state index in [1.807, 2.05) is 0 Å². The van der Waals surface area contributed by atoms with E-state index in [0.717, 1.165) is 0 Å². The molecular weight excluding hydrogens is 244 g/mol. The summed E-state index contributed by atoms with van der Waals surface area (Å²) >= 11 is 1.72. The molecule has 0 amide bonds. The van der Waals surface area contributed by atoms with Gasteiger partial charge in [-0.15, -0.1) is 0 Å². The number of hydrazine groups is 1. The molecule has 0 atom stereocenters. The molecule has 2 rings (SSSR count). The van der Waals surface area contributed by atoms with Gasteiger partial charge in [-0.05, 0) is 41.7 Å². The van der Waals surface area contributed by atoms with Gasteiger partial charge in [-0.25, -0.2) is 10.8 Å². The Morgan fingerprint density at radius 2 is 2.17 bits per heavy atom. The Bertz CT molecular complexity index is 393. The largest absolute Gasteiger partial charge is 0.353 e. The van der Waals surface area contributed by atoms with E-state index in [2.05, 4.69) is 33.4 Å². The second-order valence-electron chi connectivity index (χ2n) is 4.87. The zero-order valence-corrected chi connectivity index (χ0v) is 11.7. The van der Waals surface area contributed by atoms with E-state index in [0.29, 0.717) is 18.5 Å². The van der Waals surface area contributed by atoms with Crippen LogP contribution in [0, 0.1) is 6.92 Å². The van der Waals surface area contributed by atoms with Crippen LogP contribution >= 0.6 is 11.3 Å². The van der Waals surface area contributed by atoms with Crippen LogP contribution in [0.4, 0.5) is 0 Å². The van der Waals surface area contributed by atoms with Crippen molar-refractivity contribution in [1.29, 1.82) is 0 Å². The summed E-state index contributed by atoms with van der Waals surface area (Å²) in [5, 5.41) is 7.70. The summed E-state index contributed by atoms with van der Waals surface area (Å²) in [5.41, 5.74) is 5.25. The first kappa shape index (κ1) is 13.4. The van der Waals surface area contributed by atoms with Crippen LogP contribution in [-0.4, -0.2) is 12.0 Å². The van der Waals surface area contributed by atoms with Gasteiger partial charge in [-0.1, -0.05) is 19.3 Å². The monoisotopic (exact) mass is 266 g/mol. The lowest BCUT2D eigenvalue weighted by molar-refractivity contribution is 0.410. The lowest BCUT2D eigenvalue weighted by atomic mass is 9.96. The minimum absolute atomic E-state index is 0.525. The smallest absolute Gasteiger partial charge is 0.206 e. The van der Waals surface area contributed by atoms with E-state index in [1.165, 1.54) is 43.2 Å². The zero-order chi connectivity index (χ0) is 12.8. The zero-order valence-electron chi connectivity index (χ0n) is 10.9. The normalized spacial score (nSPS) is 17.8. The molecule has 1 aromatic heterocycles. The Kier molecular flexibility index (Phi) is 5.01. The van der Waals surface area contributed by atoms with Gasteiger partial charge in [0.25, 0.3) is 0 Å². The molecule has 0 radical (unpaired) electrons. The van der Waals surface area contributed by atoms with Crippen LogP contribution in [0.15, 0.2) is 15.8 Å². The van der Waals surface area contributed by atoms with Crippen LogP contribution in [0.5, 0.6) is 0 Å². The lowest BCUT2D eigenvalue weighted by Gasteiger charge is -2.24. The topological polar surface area (TPSA) is 62.4 Å². The average molecular weight is 266 g/mol. The highest BCUT2D eigenvalue weighted by atomic mass is 32.1. The fourth-order valence-corrected chi connectivity index (χ4v) is 3.13. The molecule has 18 heavy (non-hydrogen) atoms. The number of nitrogens with zero attached hydrogens (tertiary/aromatic N) is 1. The van der Waals surface area contributed by atoms with Crippen molar-refractivity contribution in [3.8, 4) is 0 Å². The first-order valence-corrected chi connectivity index (χ1v) is 7.53. The van der Waals surface area contributed by atoms with E-state index in [-0.39, 0.29) is 0 Å². The first-order valence-electron chi connectivity index (χ1n) is 6.59. The number of nitrogens with one attached hydrogen (secondary N) is 2. The van der Waals surface area contributed by atoms with Crippen molar-refractivity contribution < 1.29 is 0 Å². The number of thiophene rings is 1. The van der Waals surface area contributed by atoms with Crippen LogP contribution in [0.3, 0.4) is 0 Å². The van der Waals surface area contributed by atoms with Crippen molar-refractivity contribution in [2.24, 2.45) is 10.8 Å². The maximum Gasteiger partial charge on any atom is 0.206 e. The lowest BCUT2D eigenvalue weighted by Crippen LogP contribution is -2.47. The van der Waals surface area contributed by atoms with E-state index in [1.54, 1.807) is 11.3 Å². The summed E-state index contributed by atoms with van der Waals surface area (Å²) in [6.45, 7) is 2.81. The number of hydrogen-bond acceptors (Lipinski definition) is 3. The molecule has 1 aromatic rings. The highest BCUT2D eigenvalue weighted by Gasteiger charge is 2.14. The third-order valence-electron chi connectivity index (χ3n) is 3.45. The Balaban J connectivity index is 1.89. The number of aliphatic imine (C=N–C) groups is 1. The number of aryl methyl sites for hydroxylation is 1. The molecule has 1 aliphatic carbocycles. The van der Waals surface area contributed by atoms with Gasteiger partial charge in [0.05, 0.1) is 6.54 Å². The standard InChI is InChI=1S/C13H22N4S/c1-10-8-18-9-11(10)7-15-13(17-14)16-12-5-3-2-4-6-12/h8-9,12H,2-7,14H2,1H3,(H2,15,16,17). The molecule has 0 bridgehead atoms. The summed E-state index contributed by atoms with van der Waals surface area (Å²) in [4.78, 5) is 4.52. The van der Waals surface area contributed by atoms with Crippen molar-refractivity contribution in [2.45, 2.75) is 51.6 Å². The van der Waals surface area contributed by atoms with Crippen molar-refractivity contribution in [3.05, 3.63) is 21.9 Å². The molecule has 1 saturated carbocycles. The van der Waals surface area contributed by atoms with Gasteiger partial charge in [0, 0.05) is 6.04 Å². The fraction of sp³-hybridized carbons (Fsp3) is 0.615. The molecule has 0 aliphatic heterocycles. The molecule has 4 N–H and O–H groups in total. The van der Waals surface area contributed by atoms with Gasteiger partial charge < -0.3 is 5.32 Å². The molecule has 0 spiro atoms. The van der Waals surface area contributed by atoms with Crippen LogP contribution < -0.4 is 16.6 Å². The molecule has 0 saturated heterocycles. The summed E-state index contributed by atoms with van der Waals surface area (Å²) in [5.74, 6) is 6.24. The molecule has 1 heterocycles. The molecule has 0 unspecified atom stereocenters. The Morgan fingerprint density at radius 3 is 2.78 bits per heavy atom. The molecule has 5 heteroatoms. The molecule has 4 nitrogen and oxygen atoms in total. The predicted octanol–water partition coefficient (Wildman–Crippen LogP) is 2.30. The third kappa shape index (κ3) is 3.71. The maximum absolute atomic E-state index is 5.53. The van der Waals surface area contributed by atoms with Gasteiger partial charge in [0.1, 0.15) is 0 Å². The van der Waals surface area contributed by atoms with E-state index < -0.39 is 0 Å². The Labute approximate surface area is 113 Å². The summed E-state index contributed by atoms with van der Waals surface area (Å²) in [6, 6.07) is 0.525. The second kappa shape index (κ2) is 6.75. The van der Waals surface area contributed by atoms with Crippen molar-refractivity contribution in [2.75, 3.05) is 0 Å². The van der Waals surface area contributed by atoms with Crippen LogP contribution in [-0.2, 0) is 6.54 Å². The van der Waals surface area contributed by atoms with Crippen LogP contribution in [0.1, 0.15) is 43.2 Å². The molecule has 1 fully saturated rings. The molecule has 0 aromatic carbocycles. The highest BCUT2D eigenvalue weighted by Crippen LogP contribution is 2.17. The van der Waals surface area contributed by atoms with E-state index in [9.17, 15) is 0 Å². The highest BCUT2D eigenvalue weighted by molar-refractivity contribution is 7.08. The average Bonchev–Trinajstić information content (AvgIpc) is 2.81. The van der Waals surface area contributed by atoms with Gasteiger partial charge in [-0.3, -0.25) is 5.43 Å².